The smallest absolute Gasteiger partial charge is 0.123 e. The zero-order chi connectivity index (χ0) is 12.7. The number of hydrogen-bond acceptors (Lipinski definition) is 2. The molecule has 0 fully saturated rings. The monoisotopic (exact) mass is 239 g/mol. The molecule has 0 amide bonds. The van der Waals surface area contributed by atoms with Crippen molar-refractivity contribution >= 4 is 0 Å². The summed E-state index contributed by atoms with van der Waals surface area (Å²) in [4.78, 5) is 0. The highest BCUT2D eigenvalue weighted by atomic mass is 19.1. The third-order valence-corrected chi connectivity index (χ3v) is 2.88. The number of halogens is 1. The summed E-state index contributed by atoms with van der Waals surface area (Å²) in [5.74, 6) is -0.210. The highest BCUT2D eigenvalue weighted by molar-refractivity contribution is 5.20. The fourth-order valence-corrected chi connectivity index (χ4v) is 1.85. The van der Waals surface area contributed by atoms with Crippen molar-refractivity contribution < 1.29 is 9.50 Å². The molecule has 0 aliphatic carbocycles. The first kappa shape index (κ1) is 14.1. The summed E-state index contributed by atoms with van der Waals surface area (Å²) in [6.45, 7) is 4.21. The maximum absolute atomic E-state index is 12.9. The Morgan fingerprint density at radius 3 is 2.47 bits per heavy atom. The maximum atomic E-state index is 12.9. The van der Waals surface area contributed by atoms with Crippen molar-refractivity contribution in [1.29, 1.82) is 0 Å². The van der Waals surface area contributed by atoms with Gasteiger partial charge in [0, 0.05) is 12.1 Å². The summed E-state index contributed by atoms with van der Waals surface area (Å²) in [6.07, 6.45) is 3.26. The molecule has 0 saturated heterocycles. The normalized spacial score (nSPS) is 14.6. The topological polar surface area (TPSA) is 32.3 Å². The molecule has 0 aliphatic heterocycles. The summed E-state index contributed by atoms with van der Waals surface area (Å²) in [6, 6.07) is 6.85. The lowest BCUT2D eigenvalue weighted by atomic mass is 10.0. The number of rotatable bonds is 7. The second-order valence-electron chi connectivity index (χ2n) is 4.50. The average Bonchev–Trinajstić information content (AvgIpc) is 2.35. The molecule has 1 aromatic carbocycles. The molecule has 2 atom stereocenters. The van der Waals surface area contributed by atoms with E-state index < -0.39 is 0 Å². The molecular weight excluding hydrogens is 217 g/mol. The lowest BCUT2D eigenvalue weighted by molar-refractivity contribution is 0.238. The minimum absolute atomic E-state index is 0.0573. The van der Waals surface area contributed by atoms with Crippen LogP contribution in [0.2, 0.25) is 0 Å². The summed E-state index contributed by atoms with van der Waals surface area (Å²) in [5, 5.41) is 12.4. The van der Waals surface area contributed by atoms with E-state index in [1.54, 1.807) is 0 Å². The first-order valence-corrected chi connectivity index (χ1v) is 6.29. The molecule has 96 valence electrons. The molecule has 2 nitrogen and oxygen atoms in total. The van der Waals surface area contributed by atoms with Crippen LogP contribution in [0.15, 0.2) is 24.3 Å². The van der Waals surface area contributed by atoms with Crippen LogP contribution in [0.5, 0.6) is 0 Å². The van der Waals surface area contributed by atoms with Crippen LogP contribution in [0.25, 0.3) is 0 Å². The van der Waals surface area contributed by atoms with Gasteiger partial charge < -0.3 is 10.4 Å². The number of aliphatic hydroxyl groups excluding tert-OH is 1. The van der Waals surface area contributed by atoms with Crippen molar-refractivity contribution in [2.24, 2.45) is 0 Å². The Kier molecular flexibility index (Phi) is 6.16. The van der Waals surface area contributed by atoms with Gasteiger partial charge >= 0.3 is 0 Å². The summed E-state index contributed by atoms with van der Waals surface area (Å²) in [7, 11) is 0. The Morgan fingerprint density at radius 2 is 1.94 bits per heavy atom. The van der Waals surface area contributed by atoms with Crippen molar-refractivity contribution in [2.75, 3.05) is 6.61 Å². The van der Waals surface area contributed by atoms with E-state index in [9.17, 15) is 4.39 Å². The largest absolute Gasteiger partial charge is 0.395 e. The molecule has 17 heavy (non-hydrogen) atoms. The SMILES string of the molecule is CCCCC(NC(C)CO)c1ccc(F)cc1. The van der Waals surface area contributed by atoms with Crippen LogP contribution in [0.4, 0.5) is 4.39 Å². The molecule has 0 aliphatic rings. The van der Waals surface area contributed by atoms with Crippen molar-refractivity contribution in [2.45, 2.75) is 45.2 Å². The predicted molar refractivity (Wildman–Crippen MR) is 68.3 cm³/mol. The van der Waals surface area contributed by atoms with Crippen LogP contribution in [0.3, 0.4) is 0 Å². The van der Waals surface area contributed by atoms with Gasteiger partial charge in [0.15, 0.2) is 0 Å². The van der Waals surface area contributed by atoms with Gasteiger partial charge in [-0.05, 0) is 31.0 Å². The molecule has 1 aromatic rings. The Balaban J connectivity index is 2.70. The average molecular weight is 239 g/mol. The van der Waals surface area contributed by atoms with Gasteiger partial charge in [-0.25, -0.2) is 4.39 Å². The van der Waals surface area contributed by atoms with Gasteiger partial charge in [0.25, 0.3) is 0 Å². The van der Waals surface area contributed by atoms with Crippen molar-refractivity contribution in [1.82, 2.24) is 5.32 Å². The summed E-state index contributed by atoms with van der Waals surface area (Å²) in [5.41, 5.74) is 1.08. The Bertz CT molecular complexity index is 313. The van der Waals surface area contributed by atoms with Gasteiger partial charge in [0.2, 0.25) is 0 Å². The summed E-state index contributed by atoms with van der Waals surface area (Å²) >= 11 is 0. The van der Waals surface area contributed by atoms with Gasteiger partial charge in [-0.3, -0.25) is 0 Å². The molecule has 0 bridgehead atoms. The molecule has 0 spiro atoms. The molecule has 2 N–H and O–H groups in total. The van der Waals surface area contributed by atoms with Gasteiger partial charge in [-0.15, -0.1) is 0 Å². The van der Waals surface area contributed by atoms with Crippen LogP contribution in [-0.4, -0.2) is 17.8 Å². The van der Waals surface area contributed by atoms with Crippen LogP contribution < -0.4 is 5.32 Å². The fourth-order valence-electron chi connectivity index (χ4n) is 1.85. The highest BCUT2D eigenvalue weighted by Gasteiger charge is 2.13. The number of hydrogen-bond donors (Lipinski definition) is 2. The lowest BCUT2D eigenvalue weighted by Crippen LogP contribution is -2.33. The molecular formula is C14H22FNO. The van der Waals surface area contributed by atoms with E-state index in [2.05, 4.69) is 12.2 Å². The lowest BCUT2D eigenvalue weighted by Gasteiger charge is -2.22. The van der Waals surface area contributed by atoms with E-state index in [0.717, 1.165) is 24.8 Å². The number of unbranched alkanes of at least 4 members (excludes halogenated alkanes) is 1. The molecule has 0 heterocycles. The van der Waals surface area contributed by atoms with Crippen LogP contribution in [0, 0.1) is 5.82 Å². The highest BCUT2D eigenvalue weighted by Crippen LogP contribution is 2.20. The van der Waals surface area contributed by atoms with Gasteiger partial charge in [-0.2, -0.15) is 0 Å². The zero-order valence-corrected chi connectivity index (χ0v) is 10.6. The molecule has 3 heteroatoms. The first-order valence-electron chi connectivity index (χ1n) is 6.29. The Morgan fingerprint density at radius 1 is 1.29 bits per heavy atom. The molecule has 0 aromatic heterocycles. The van der Waals surface area contributed by atoms with Gasteiger partial charge in [0.05, 0.1) is 6.61 Å². The minimum Gasteiger partial charge on any atom is -0.395 e. The standard InChI is InChI=1S/C14H22FNO/c1-3-4-5-14(16-11(2)10-17)12-6-8-13(15)9-7-12/h6-9,11,14,16-17H,3-5,10H2,1-2H3. The predicted octanol–water partition coefficient (Wildman–Crippen LogP) is 3.03. The zero-order valence-electron chi connectivity index (χ0n) is 10.6. The van der Waals surface area contributed by atoms with E-state index in [1.807, 2.05) is 19.1 Å². The Hall–Kier alpha value is -0.930. The van der Waals surface area contributed by atoms with E-state index in [-0.39, 0.29) is 24.5 Å². The van der Waals surface area contributed by atoms with Crippen LogP contribution >= 0.6 is 0 Å². The van der Waals surface area contributed by atoms with Crippen molar-refractivity contribution in [3.8, 4) is 0 Å². The quantitative estimate of drug-likeness (QED) is 0.766. The van der Waals surface area contributed by atoms with Crippen molar-refractivity contribution in [3.63, 3.8) is 0 Å². The fraction of sp³-hybridized carbons (Fsp3) is 0.571. The third kappa shape index (κ3) is 4.84. The van der Waals surface area contributed by atoms with E-state index >= 15 is 0 Å². The number of benzene rings is 1. The van der Waals surface area contributed by atoms with Gasteiger partial charge in [-0.1, -0.05) is 31.9 Å². The van der Waals surface area contributed by atoms with Crippen LogP contribution in [-0.2, 0) is 0 Å². The molecule has 0 radical (unpaired) electrons. The number of nitrogens with one attached hydrogen (secondary N) is 1. The first-order chi connectivity index (χ1) is 8.17. The minimum atomic E-state index is -0.210. The van der Waals surface area contributed by atoms with Gasteiger partial charge in [0.1, 0.15) is 5.82 Å². The van der Waals surface area contributed by atoms with Crippen LogP contribution in [0.1, 0.15) is 44.7 Å². The van der Waals surface area contributed by atoms with E-state index in [1.165, 1.54) is 12.1 Å². The second-order valence-corrected chi connectivity index (χ2v) is 4.50. The molecule has 2 unspecified atom stereocenters. The molecule has 1 rings (SSSR count). The van der Waals surface area contributed by atoms with E-state index in [0.29, 0.717) is 0 Å². The number of aliphatic hydroxyl groups is 1. The van der Waals surface area contributed by atoms with Crippen molar-refractivity contribution in [3.05, 3.63) is 35.6 Å². The van der Waals surface area contributed by atoms with E-state index in [4.69, 9.17) is 5.11 Å². The maximum Gasteiger partial charge on any atom is 0.123 e. The Labute approximate surface area is 103 Å². The third-order valence-electron chi connectivity index (χ3n) is 2.88. The second kappa shape index (κ2) is 7.41. The summed E-state index contributed by atoms with van der Waals surface area (Å²) < 4.78 is 12.9. The molecule has 0 saturated carbocycles.